The van der Waals surface area contributed by atoms with Gasteiger partial charge in [-0.05, 0) is 56.2 Å². The predicted molar refractivity (Wildman–Crippen MR) is 159 cm³/mol. The lowest BCUT2D eigenvalue weighted by atomic mass is 9.94. The van der Waals surface area contributed by atoms with Crippen LogP contribution in [0.5, 0.6) is 0 Å². The van der Waals surface area contributed by atoms with Gasteiger partial charge in [-0.15, -0.1) is 11.3 Å². The van der Waals surface area contributed by atoms with E-state index >= 15 is 0 Å². The van der Waals surface area contributed by atoms with E-state index in [4.69, 9.17) is 14.1 Å². The van der Waals surface area contributed by atoms with Gasteiger partial charge in [-0.2, -0.15) is 0 Å². The minimum atomic E-state index is -0.167. The number of hydrogen-bond donors (Lipinski definition) is 1. The fourth-order valence-electron chi connectivity index (χ4n) is 6.64. The Bertz CT molecular complexity index is 1510. The van der Waals surface area contributed by atoms with Gasteiger partial charge in [-0.3, -0.25) is 19.8 Å². The summed E-state index contributed by atoms with van der Waals surface area (Å²) < 4.78 is 11.0. The quantitative estimate of drug-likeness (QED) is 0.439. The van der Waals surface area contributed by atoms with Crippen molar-refractivity contribution in [2.45, 2.75) is 56.5 Å². The number of anilines is 1. The van der Waals surface area contributed by atoms with Crippen LogP contribution in [0.4, 0.5) is 5.13 Å². The number of amides is 2. The van der Waals surface area contributed by atoms with Crippen molar-refractivity contribution < 1.29 is 18.7 Å². The number of likely N-dealkylation sites (tertiary alicyclic amines) is 1. The first-order valence-electron chi connectivity index (χ1n) is 14.9. The van der Waals surface area contributed by atoms with Gasteiger partial charge >= 0.3 is 0 Å². The van der Waals surface area contributed by atoms with Crippen LogP contribution in [-0.2, 0) is 22.4 Å². The molecule has 2 aliphatic carbocycles. The SMILES string of the molecule is O=C(Nc1nc2c(s1)C[C@@H](N1CCOCC1)CC2)c1cccc([C@H]2CCCN2C(=O)C2=CCC(c3cnco3)C=C2)c1. The van der Waals surface area contributed by atoms with Crippen LogP contribution in [0.1, 0.15) is 69.9 Å². The van der Waals surface area contributed by atoms with Crippen LogP contribution in [0.15, 0.2) is 65.1 Å². The van der Waals surface area contributed by atoms with Crippen molar-refractivity contribution in [3.8, 4) is 0 Å². The molecule has 4 aliphatic rings. The predicted octanol–water partition coefficient (Wildman–Crippen LogP) is 4.91. The van der Waals surface area contributed by atoms with Gasteiger partial charge in [0.1, 0.15) is 5.76 Å². The number of hydrogen-bond acceptors (Lipinski definition) is 8. The first-order chi connectivity index (χ1) is 20.6. The zero-order valence-corrected chi connectivity index (χ0v) is 24.4. The van der Waals surface area contributed by atoms with Crippen LogP contribution in [0.3, 0.4) is 0 Å². The maximum Gasteiger partial charge on any atom is 0.257 e. The van der Waals surface area contributed by atoms with Crippen LogP contribution in [0.25, 0.3) is 0 Å². The number of nitrogens with zero attached hydrogens (tertiary/aromatic N) is 4. The van der Waals surface area contributed by atoms with Gasteiger partial charge in [0.25, 0.3) is 11.8 Å². The topological polar surface area (TPSA) is 101 Å². The minimum Gasteiger partial charge on any atom is -0.448 e. The molecule has 10 heteroatoms. The normalized spacial score (nSPS) is 24.3. The van der Waals surface area contributed by atoms with E-state index in [1.807, 2.05) is 47.4 Å². The van der Waals surface area contributed by atoms with Gasteiger partial charge < -0.3 is 14.1 Å². The molecule has 3 aromatic rings. The summed E-state index contributed by atoms with van der Waals surface area (Å²) in [5.74, 6) is 0.768. The Morgan fingerprint density at radius 2 is 2.02 bits per heavy atom. The third kappa shape index (κ3) is 5.58. The van der Waals surface area contributed by atoms with Crippen molar-refractivity contribution in [2.24, 2.45) is 0 Å². The molecule has 0 radical (unpaired) electrons. The van der Waals surface area contributed by atoms with Crippen molar-refractivity contribution in [3.63, 3.8) is 0 Å². The number of nitrogens with one attached hydrogen (secondary N) is 1. The zero-order valence-electron chi connectivity index (χ0n) is 23.5. The Morgan fingerprint density at radius 1 is 1.12 bits per heavy atom. The second-order valence-electron chi connectivity index (χ2n) is 11.4. The van der Waals surface area contributed by atoms with E-state index in [9.17, 15) is 9.59 Å². The molecule has 9 nitrogen and oxygen atoms in total. The standard InChI is InChI=1S/C32H35N5O4S/c38-30(35-32-34-26-11-10-25(18-29(26)42-32)36-13-15-40-16-14-36)24-4-1-3-23(17-24)27-5-2-12-37(27)31(39)22-8-6-21(7-9-22)28-19-33-20-41-28/h1,3-4,6,8-9,17,19-21,25,27H,2,5,7,10-16,18H2,(H,34,35,38)/t21?,25-,27+/m0/s1. The Morgan fingerprint density at radius 3 is 2.83 bits per heavy atom. The second kappa shape index (κ2) is 11.9. The molecule has 1 aromatic carbocycles. The Hall–Kier alpha value is -3.60. The molecule has 7 rings (SSSR count). The molecule has 1 unspecified atom stereocenters. The average molecular weight is 586 g/mol. The van der Waals surface area contributed by atoms with E-state index in [-0.39, 0.29) is 23.8 Å². The summed E-state index contributed by atoms with van der Waals surface area (Å²) in [6, 6.07) is 8.15. The molecule has 2 aliphatic heterocycles. The lowest BCUT2D eigenvalue weighted by Crippen LogP contribution is -2.45. The van der Waals surface area contributed by atoms with E-state index in [1.54, 1.807) is 17.5 Å². The Kier molecular flexibility index (Phi) is 7.75. The lowest BCUT2D eigenvalue weighted by Gasteiger charge is -2.36. The highest BCUT2D eigenvalue weighted by Crippen LogP contribution is 2.36. The van der Waals surface area contributed by atoms with Gasteiger partial charge in [0.15, 0.2) is 11.5 Å². The number of aryl methyl sites for hydroxylation is 1. The molecular weight excluding hydrogens is 550 g/mol. The van der Waals surface area contributed by atoms with Crippen molar-refractivity contribution in [1.82, 2.24) is 19.8 Å². The fourth-order valence-corrected chi connectivity index (χ4v) is 7.72. The first kappa shape index (κ1) is 27.2. The Balaban J connectivity index is 1.00. The summed E-state index contributed by atoms with van der Waals surface area (Å²) in [6.45, 7) is 4.29. The number of aromatic nitrogens is 2. The summed E-state index contributed by atoms with van der Waals surface area (Å²) >= 11 is 1.60. The van der Waals surface area contributed by atoms with E-state index in [2.05, 4.69) is 15.2 Å². The van der Waals surface area contributed by atoms with E-state index in [0.29, 0.717) is 35.3 Å². The number of carbonyl (C=O) groups excluding carboxylic acids is 2. The molecule has 218 valence electrons. The molecule has 0 spiro atoms. The average Bonchev–Trinajstić information content (AvgIpc) is 3.82. The number of rotatable bonds is 6. The van der Waals surface area contributed by atoms with Gasteiger partial charge in [0.2, 0.25) is 0 Å². The number of morpholine rings is 1. The summed E-state index contributed by atoms with van der Waals surface area (Å²) in [7, 11) is 0. The highest BCUT2D eigenvalue weighted by molar-refractivity contribution is 7.15. The number of allylic oxidation sites excluding steroid dienone is 2. The smallest absolute Gasteiger partial charge is 0.257 e. The van der Waals surface area contributed by atoms with Gasteiger partial charge in [0, 0.05) is 47.6 Å². The second-order valence-corrected chi connectivity index (χ2v) is 12.5. The van der Waals surface area contributed by atoms with Crippen LogP contribution in [-0.4, -0.2) is 70.5 Å². The molecule has 0 bridgehead atoms. The maximum atomic E-state index is 13.5. The van der Waals surface area contributed by atoms with E-state index in [1.165, 1.54) is 11.3 Å². The first-order valence-corrected chi connectivity index (χ1v) is 15.7. The molecular formula is C32H35N5O4S. The summed E-state index contributed by atoms with van der Waals surface area (Å²) in [5.41, 5.74) is 3.39. The van der Waals surface area contributed by atoms with Gasteiger partial charge in [-0.25, -0.2) is 9.97 Å². The number of thiazole rings is 1. The maximum absolute atomic E-state index is 13.5. The molecule has 0 saturated carbocycles. The van der Waals surface area contributed by atoms with E-state index < -0.39 is 0 Å². The number of benzene rings is 1. The van der Waals surface area contributed by atoms with Gasteiger partial charge in [-0.1, -0.05) is 30.4 Å². The minimum absolute atomic E-state index is 0.0309. The van der Waals surface area contributed by atoms with Crippen molar-refractivity contribution >= 4 is 28.3 Å². The summed E-state index contributed by atoms with van der Waals surface area (Å²) in [4.78, 5) is 41.4. The molecule has 2 aromatic heterocycles. The Labute approximate surface area is 249 Å². The lowest BCUT2D eigenvalue weighted by molar-refractivity contribution is -0.127. The number of carbonyl (C=O) groups is 2. The molecule has 42 heavy (non-hydrogen) atoms. The fraction of sp³-hybridized carbons (Fsp3) is 0.438. The third-order valence-corrected chi connectivity index (χ3v) is 9.94. The summed E-state index contributed by atoms with van der Waals surface area (Å²) in [6.07, 6.45) is 14.6. The van der Waals surface area contributed by atoms with Gasteiger partial charge in [0.05, 0.1) is 31.1 Å². The third-order valence-electron chi connectivity index (χ3n) is 8.91. The van der Waals surface area contributed by atoms with Crippen molar-refractivity contribution in [3.05, 3.63) is 88.1 Å². The molecule has 3 atom stereocenters. The van der Waals surface area contributed by atoms with Crippen molar-refractivity contribution in [2.75, 3.05) is 38.2 Å². The van der Waals surface area contributed by atoms with Crippen molar-refractivity contribution in [1.29, 1.82) is 0 Å². The largest absolute Gasteiger partial charge is 0.448 e. The summed E-state index contributed by atoms with van der Waals surface area (Å²) in [5, 5.41) is 3.72. The molecule has 2 fully saturated rings. The van der Waals surface area contributed by atoms with Crippen LogP contribution in [0, 0.1) is 0 Å². The molecule has 2 amide bonds. The number of ether oxygens (including phenoxy) is 1. The highest BCUT2D eigenvalue weighted by Gasteiger charge is 2.33. The highest BCUT2D eigenvalue weighted by atomic mass is 32.1. The van der Waals surface area contributed by atoms with Crippen LogP contribution >= 0.6 is 11.3 Å². The monoisotopic (exact) mass is 585 g/mol. The number of oxazole rings is 1. The number of fused-ring (bicyclic) bond motifs is 1. The molecule has 2 saturated heterocycles. The molecule has 1 N–H and O–H groups in total. The van der Waals surface area contributed by atoms with Crippen LogP contribution < -0.4 is 5.32 Å². The van der Waals surface area contributed by atoms with Crippen LogP contribution in [0.2, 0.25) is 0 Å². The van der Waals surface area contributed by atoms with E-state index in [0.717, 1.165) is 75.4 Å². The molecule has 4 heterocycles. The zero-order chi connectivity index (χ0) is 28.5.